The van der Waals surface area contributed by atoms with E-state index < -0.39 is 0 Å². The fraction of sp³-hybridized carbons (Fsp3) is 0.161. The monoisotopic (exact) mass is 508 g/mol. The molecular formula is C31H28N2O3S. The number of hydrogen-bond acceptors (Lipinski definition) is 5. The van der Waals surface area contributed by atoms with Gasteiger partial charge in [0.05, 0.1) is 23.4 Å². The predicted molar refractivity (Wildman–Crippen MR) is 149 cm³/mol. The first kappa shape index (κ1) is 24.7. The molecule has 3 aromatic carbocycles. The Kier molecular flexibility index (Phi) is 7.59. The van der Waals surface area contributed by atoms with Crippen LogP contribution in [0.3, 0.4) is 0 Å². The zero-order chi connectivity index (χ0) is 25.6. The molecule has 5 nitrogen and oxygen atoms in total. The lowest BCUT2D eigenvalue weighted by molar-refractivity contribution is 0.285. The van der Waals surface area contributed by atoms with Crippen molar-refractivity contribution in [3.63, 3.8) is 0 Å². The summed E-state index contributed by atoms with van der Waals surface area (Å²) in [4.78, 5) is 20.6. The van der Waals surface area contributed by atoms with Crippen molar-refractivity contribution in [3.05, 3.63) is 129 Å². The molecular weight excluding hydrogens is 480 g/mol. The number of benzene rings is 3. The quantitative estimate of drug-likeness (QED) is 0.255. The van der Waals surface area contributed by atoms with E-state index in [-0.39, 0.29) is 12.2 Å². The minimum Gasteiger partial charge on any atom is -0.488 e. The van der Waals surface area contributed by atoms with Crippen LogP contribution in [-0.4, -0.2) is 14.7 Å². The molecule has 0 aliphatic carbocycles. The number of aliphatic hydroxyl groups excluding tert-OH is 1. The van der Waals surface area contributed by atoms with Gasteiger partial charge in [-0.05, 0) is 48.7 Å². The van der Waals surface area contributed by atoms with E-state index in [0.717, 1.165) is 26.4 Å². The molecule has 1 N–H and O–H groups in total. The summed E-state index contributed by atoms with van der Waals surface area (Å²) < 4.78 is 7.99. The van der Waals surface area contributed by atoms with Crippen LogP contribution in [0, 0.1) is 6.92 Å². The van der Waals surface area contributed by atoms with Gasteiger partial charge in [-0.2, -0.15) is 0 Å². The fourth-order valence-electron chi connectivity index (χ4n) is 4.35. The van der Waals surface area contributed by atoms with Crippen molar-refractivity contribution < 1.29 is 9.84 Å². The Morgan fingerprint density at radius 1 is 0.865 bits per heavy atom. The summed E-state index contributed by atoms with van der Waals surface area (Å²) in [5, 5.41) is 9.56. The molecule has 0 saturated carbocycles. The molecule has 0 radical (unpaired) electrons. The zero-order valence-electron chi connectivity index (χ0n) is 20.6. The third-order valence-electron chi connectivity index (χ3n) is 6.25. The number of thiophene rings is 1. The molecule has 0 aliphatic heterocycles. The number of aliphatic hydroxyl groups is 1. The van der Waals surface area contributed by atoms with Gasteiger partial charge in [0.2, 0.25) is 0 Å². The third-order valence-corrected chi connectivity index (χ3v) is 7.33. The molecule has 37 heavy (non-hydrogen) atoms. The van der Waals surface area contributed by atoms with Crippen molar-refractivity contribution in [1.82, 2.24) is 9.55 Å². The maximum absolute atomic E-state index is 14.0. The van der Waals surface area contributed by atoms with Crippen LogP contribution in [0.1, 0.15) is 21.7 Å². The number of nitrogens with zero attached hydrogens (tertiary/aromatic N) is 2. The summed E-state index contributed by atoms with van der Waals surface area (Å²) in [6.45, 7) is 2.71. The van der Waals surface area contributed by atoms with Gasteiger partial charge in [-0.25, -0.2) is 4.98 Å². The van der Waals surface area contributed by atoms with Gasteiger partial charge < -0.3 is 9.84 Å². The Morgan fingerprint density at radius 3 is 2.24 bits per heavy atom. The average Bonchev–Trinajstić information content (AvgIpc) is 3.41. The number of ether oxygens (including phenoxy) is 1. The first-order chi connectivity index (χ1) is 18.1. The molecule has 0 atom stereocenters. The molecule has 5 aromatic rings. The minimum atomic E-state index is -0.0948. The second-order valence-electron chi connectivity index (χ2n) is 8.78. The lowest BCUT2D eigenvalue weighted by atomic mass is 10.1. The Morgan fingerprint density at radius 2 is 1.54 bits per heavy atom. The normalized spacial score (nSPS) is 11.0. The van der Waals surface area contributed by atoms with Crippen LogP contribution in [0.25, 0.3) is 21.8 Å². The second kappa shape index (κ2) is 11.4. The molecule has 0 fully saturated rings. The number of aryl methyl sites for hydroxylation is 2. The molecule has 2 aromatic heterocycles. The van der Waals surface area contributed by atoms with Gasteiger partial charge >= 0.3 is 0 Å². The summed E-state index contributed by atoms with van der Waals surface area (Å²) >= 11 is 1.42. The van der Waals surface area contributed by atoms with Crippen molar-refractivity contribution in [2.24, 2.45) is 0 Å². The van der Waals surface area contributed by atoms with E-state index in [0.29, 0.717) is 42.4 Å². The maximum atomic E-state index is 14.0. The average molecular weight is 509 g/mol. The number of rotatable bonds is 9. The molecule has 0 amide bonds. The Labute approximate surface area is 220 Å². The number of hydrogen-bond donors (Lipinski definition) is 1. The van der Waals surface area contributed by atoms with Gasteiger partial charge in [0.25, 0.3) is 5.56 Å². The van der Waals surface area contributed by atoms with E-state index in [9.17, 15) is 9.90 Å². The summed E-state index contributed by atoms with van der Waals surface area (Å²) in [6, 6.07) is 31.6. The molecule has 2 heterocycles. The van der Waals surface area contributed by atoms with Gasteiger partial charge in [-0.3, -0.25) is 9.36 Å². The highest BCUT2D eigenvalue weighted by Crippen LogP contribution is 2.32. The summed E-state index contributed by atoms with van der Waals surface area (Å²) in [7, 11) is 0. The van der Waals surface area contributed by atoms with Gasteiger partial charge in [0.15, 0.2) is 0 Å². The van der Waals surface area contributed by atoms with E-state index in [1.165, 1.54) is 11.3 Å². The van der Waals surface area contributed by atoms with Crippen LogP contribution in [0.15, 0.2) is 102 Å². The smallest absolute Gasteiger partial charge is 0.262 e. The molecule has 5 rings (SSSR count). The molecule has 0 aliphatic rings. The van der Waals surface area contributed by atoms with Crippen LogP contribution >= 0.6 is 11.3 Å². The van der Waals surface area contributed by atoms with Gasteiger partial charge in [0, 0.05) is 16.3 Å². The van der Waals surface area contributed by atoms with Crippen molar-refractivity contribution in [2.75, 3.05) is 0 Å². The first-order valence-electron chi connectivity index (χ1n) is 12.3. The lowest BCUT2D eigenvalue weighted by Crippen LogP contribution is -2.27. The highest BCUT2D eigenvalue weighted by Gasteiger charge is 2.20. The SMILES string of the molecule is Cc1nc(-c2ccccc2OCc2ccccc2)n(CCc2ccccc2)c(=O)c1-c1ccc(CO)s1. The molecule has 0 unspecified atom stereocenters. The standard InChI is InChI=1S/C31H28N2O3S/c1-22-29(28-17-16-25(20-34)37-28)31(35)33(19-18-23-10-4-2-5-11-23)30(32-22)26-14-8-9-15-27(26)36-21-24-12-6-3-7-13-24/h2-17,34H,18-21H2,1H3. The van der Waals surface area contributed by atoms with Gasteiger partial charge in [-0.15, -0.1) is 11.3 Å². The van der Waals surface area contributed by atoms with E-state index >= 15 is 0 Å². The molecule has 0 spiro atoms. The van der Waals surface area contributed by atoms with Crippen LogP contribution in [-0.2, 0) is 26.2 Å². The Hall–Kier alpha value is -4.00. The topological polar surface area (TPSA) is 64.4 Å². The summed E-state index contributed by atoms with van der Waals surface area (Å²) in [5.74, 6) is 1.27. The van der Waals surface area contributed by atoms with Crippen LogP contribution in [0.4, 0.5) is 0 Å². The van der Waals surface area contributed by atoms with E-state index in [4.69, 9.17) is 9.72 Å². The number of para-hydroxylation sites is 1. The summed E-state index contributed by atoms with van der Waals surface area (Å²) in [5.41, 5.74) is 4.12. The highest BCUT2D eigenvalue weighted by atomic mass is 32.1. The van der Waals surface area contributed by atoms with Crippen LogP contribution in [0.5, 0.6) is 5.75 Å². The predicted octanol–water partition coefficient (Wildman–Crippen LogP) is 6.26. The molecule has 6 heteroatoms. The molecule has 0 bridgehead atoms. The Balaban J connectivity index is 1.59. The highest BCUT2D eigenvalue weighted by molar-refractivity contribution is 7.15. The van der Waals surface area contributed by atoms with Crippen LogP contribution < -0.4 is 10.3 Å². The van der Waals surface area contributed by atoms with Crippen molar-refractivity contribution >= 4 is 11.3 Å². The van der Waals surface area contributed by atoms with E-state index in [1.807, 2.05) is 91.9 Å². The van der Waals surface area contributed by atoms with Gasteiger partial charge in [0.1, 0.15) is 18.2 Å². The maximum Gasteiger partial charge on any atom is 0.262 e. The van der Waals surface area contributed by atoms with Gasteiger partial charge in [-0.1, -0.05) is 72.8 Å². The number of aromatic nitrogens is 2. The zero-order valence-corrected chi connectivity index (χ0v) is 21.4. The molecule has 0 saturated heterocycles. The molecule has 186 valence electrons. The van der Waals surface area contributed by atoms with Crippen molar-refractivity contribution in [2.45, 2.75) is 33.1 Å². The lowest BCUT2D eigenvalue weighted by Gasteiger charge is -2.18. The van der Waals surface area contributed by atoms with E-state index in [2.05, 4.69) is 12.1 Å². The van der Waals surface area contributed by atoms with Crippen LogP contribution in [0.2, 0.25) is 0 Å². The largest absolute Gasteiger partial charge is 0.488 e. The first-order valence-corrected chi connectivity index (χ1v) is 13.1. The third kappa shape index (κ3) is 5.56. The van der Waals surface area contributed by atoms with Crippen molar-refractivity contribution in [1.29, 1.82) is 0 Å². The van der Waals surface area contributed by atoms with Crippen molar-refractivity contribution in [3.8, 4) is 27.6 Å². The second-order valence-corrected chi connectivity index (χ2v) is 9.95. The fourth-order valence-corrected chi connectivity index (χ4v) is 5.31. The Bertz CT molecular complexity index is 1540. The van der Waals surface area contributed by atoms with E-state index in [1.54, 1.807) is 4.57 Å². The summed E-state index contributed by atoms with van der Waals surface area (Å²) in [6.07, 6.45) is 0.692. The minimum absolute atomic E-state index is 0.0520.